The summed E-state index contributed by atoms with van der Waals surface area (Å²) >= 11 is 2.89. The van der Waals surface area contributed by atoms with Gasteiger partial charge in [0.1, 0.15) is 12.4 Å². The first-order valence-corrected chi connectivity index (χ1v) is 13.7. The van der Waals surface area contributed by atoms with Crippen LogP contribution in [0.2, 0.25) is 0 Å². The number of rotatable bonds is 8. The van der Waals surface area contributed by atoms with Gasteiger partial charge in [0.2, 0.25) is 0 Å². The molecule has 0 bridgehead atoms. The highest BCUT2D eigenvalue weighted by Gasteiger charge is 2.33. The molecule has 8 heteroatoms. The van der Waals surface area contributed by atoms with Crippen LogP contribution in [-0.2, 0) is 16.1 Å². The Morgan fingerprint density at radius 1 is 1.08 bits per heavy atom. The van der Waals surface area contributed by atoms with Crippen molar-refractivity contribution in [3.63, 3.8) is 0 Å². The maximum Gasteiger partial charge on any atom is 0.338 e. The van der Waals surface area contributed by atoms with Gasteiger partial charge in [0.05, 0.1) is 28.5 Å². The lowest BCUT2D eigenvalue weighted by Gasteiger charge is -2.25. The van der Waals surface area contributed by atoms with Crippen molar-refractivity contribution in [2.75, 3.05) is 6.61 Å². The van der Waals surface area contributed by atoms with Gasteiger partial charge in [0.15, 0.2) is 4.80 Å². The summed E-state index contributed by atoms with van der Waals surface area (Å²) < 4.78 is 13.6. The van der Waals surface area contributed by atoms with E-state index in [1.165, 1.54) is 11.3 Å². The van der Waals surface area contributed by atoms with E-state index in [4.69, 9.17) is 9.47 Å². The number of thiophene rings is 1. The lowest BCUT2D eigenvalue weighted by molar-refractivity contribution is -0.140. The summed E-state index contributed by atoms with van der Waals surface area (Å²) in [6.07, 6.45) is 2.78. The van der Waals surface area contributed by atoms with Gasteiger partial charge >= 0.3 is 5.97 Å². The summed E-state index contributed by atoms with van der Waals surface area (Å²) in [7, 11) is 0. The van der Waals surface area contributed by atoms with Gasteiger partial charge in [-0.3, -0.25) is 9.36 Å². The van der Waals surface area contributed by atoms with Crippen LogP contribution in [0.25, 0.3) is 6.08 Å². The van der Waals surface area contributed by atoms with Gasteiger partial charge in [-0.1, -0.05) is 66.8 Å². The molecule has 0 N–H and O–H groups in total. The highest BCUT2D eigenvalue weighted by Crippen LogP contribution is 2.32. The molecule has 3 heterocycles. The number of carbonyl (C=O) groups is 1. The number of allylic oxidation sites excluding steroid dienone is 1. The van der Waals surface area contributed by atoms with Crippen LogP contribution in [0, 0.1) is 0 Å². The number of thiazole rings is 1. The van der Waals surface area contributed by atoms with Crippen molar-refractivity contribution >= 4 is 34.7 Å². The standard InChI is InChI=1S/C29H26N2O4S2/c1-3-15-34-22-13-11-21(12-14-22)26-25(28(33)35-18-20-8-5-4-6-9-20)19(2)30-29-31(26)27(32)24(37-29)17-23-10-7-16-36-23/h4-14,16-17,26H,3,15,18H2,1-2H3. The Bertz CT molecular complexity index is 1600. The fraction of sp³-hybridized carbons (Fsp3) is 0.207. The molecule has 2 aromatic carbocycles. The number of fused-ring (bicyclic) bond motifs is 1. The average molecular weight is 531 g/mol. The topological polar surface area (TPSA) is 69.9 Å². The van der Waals surface area contributed by atoms with Gasteiger partial charge in [0.25, 0.3) is 5.56 Å². The molecule has 1 aliphatic heterocycles. The van der Waals surface area contributed by atoms with Crippen LogP contribution in [0.1, 0.15) is 42.3 Å². The molecule has 1 unspecified atom stereocenters. The van der Waals surface area contributed by atoms with E-state index in [-0.39, 0.29) is 12.2 Å². The number of aromatic nitrogens is 1. The van der Waals surface area contributed by atoms with Crippen molar-refractivity contribution in [1.29, 1.82) is 0 Å². The fourth-order valence-electron chi connectivity index (χ4n) is 4.17. The van der Waals surface area contributed by atoms with Crippen molar-refractivity contribution in [2.24, 2.45) is 4.99 Å². The second-order valence-corrected chi connectivity index (χ2v) is 10.6. The molecule has 0 spiro atoms. The molecule has 0 radical (unpaired) electrons. The van der Waals surface area contributed by atoms with E-state index in [0.717, 1.165) is 28.2 Å². The smallest absolute Gasteiger partial charge is 0.338 e. The number of nitrogens with zero attached hydrogens (tertiary/aromatic N) is 2. The van der Waals surface area contributed by atoms with Crippen LogP contribution < -0.4 is 19.6 Å². The molecule has 1 aliphatic rings. The van der Waals surface area contributed by atoms with Gasteiger partial charge < -0.3 is 9.47 Å². The van der Waals surface area contributed by atoms with Crippen molar-refractivity contribution < 1.29 is 14.3 Å². The molecule has 0 fully saturated rings. The lowest BCUT2D eigenvalue weighted by Crippen LogP contribution is -2.39. The number of carbonyl (C=O) groups excluding carboxylic acids is 1. The molecule has 1 atom stereocenters. The molecule has 5 rings (SSSR count). The van der Waals surface area contributed by atoms with E-state index in [9.17, 15) is 9.59 Å². The molecular weight excluding hydrogens is 504 g/mol. The van der Waals surface area contributed by atoms with E-state index in [2.05, 4.69) is 11.9 Å². The number of hydrogen-bond acceptors (Lipinski definition) is 7. The predicted octanol–water partition coefficient (Wildman–Crippen LogP) is 4.83. The first-order valence-electron chi connectivity index (χ1n) is 12.0. The van der Waals surface area contributed by atoms with Crippen molar-refractivity contribution in [1.82, 2.24) is 4.57 Å². The molecule has 37 heavy (non-hydrogen) atoms. The molecule has 188 valence electrons. The monoisotopic (exact) mass is 530 g/mol. The summed E-state index contributed by atoms with van der Waals surface area (Å²) in [4.78, 5) is 33.4. The van der Waals surface area contributed by atoms with Crippen LogP contribution >= 0.6 is 22.7 Å². The Labute approximate surface area is 222 Å². The van der Waals surface area contributed by atoms with Crippen LogP contribution in [-0.4, -0.2) is 17.1 Å². The Balaban J connectivity index is 1.58. The highest BCUT2D eigenvalue weighted by atomic mass is 32.1. The van der Waals surface area contributed by atoms with E-state index < -0.39 is 12.0 Å². The molecule has 0 saturated carbocycles. The number of esters is 1. The minimum atomic E-state index is -0.662. The second kappa shape index (κ2) is 11.1. The third-order valence-electron chi connectivity index (χ3n) is 5.94. The summed E-state index contributed by atoms with van der Waals surface area (Å²) in [5.41, 5.74) is 2.38. The third-order valence-corrected chi connectivity index (χ3v) is 7.74. The summed E-state index contributed by atoms with van der Waals surface area (Å²) in [6.45, 7) is 4.60. The lowest BCUT2D eigenvalue weighted by atomic mass is 9.96. The summed E-state index contributed by atoms with van der Waals surface area (Å²) in [5, 5.41) is 1.97. The third kappa shape index (κ3) is 5.35. The maximum atomic E-state index is 13.7. The normalized spacial score (nSPS) is 15.3. The zero-order chi connectivity index (χ0) is 25.8. The van der Waals surface area contributed by atoms with E-state index >= 15 is 0 Å². The Morgan fingerprint density at radius 3 is 2.57 bits per heavy atom. The number of ether oxygens (including phenoxy) is 2. The molecule has 6 nitrogen and oxygen atoms in total. The molecule has 2 aromatic heterocycles. The first-order chi connectivity index (χ1) is 18.0. The minimum Gasteiger partial charge on any atom is -0.494 e. The fourth-order valence-corrected chi connectivity index (χ4v) is 5.94. The quantitative estimate of drug-likeness (QED) is 0.306. The van der Waals surface area contributed by atoms with Gasteiger partial charge in [-0.15, -0.1) is 11.3 Å². The highest BCUT2D eigenvalue weighted by molar-refractivity contribution is 7.11. The minimum absolute atomic E-state index is 0.135. The van der Waals surface area contributed by atoms with Crippen LogP contribution in [0.4, 0.5) is 0 Å². The van der Waals surface area contributed by atoms with Crippen molar-refractivity contribution in [3.05, 3.63) is 119 Å². The van der Waals surface area contributed by atoms with Crippen molar-refractivity contribution in [3.8, 4) is 5.75 Å². The Morgan fingerprint density at radius 2 is 1.86 bits per heavy atom. The number of hydrogen-bond donors (Lipinski definition) is 0. The van der Waals surface area contributed by atoms with E-state index in [1.807, 2.05) is 78.2 Å². The molecule has 0 amide bonds. The largest absolute Gasteiger partial charge is 0.494 e. The van der Waals surface area contributed by atoms with Crippen LogP contribution in [0.5, 0.6) is 5.75 Å². The SMILES string of the molecule is CCCOc1ccc(C2C(C(=O)OCc3ccccc3)=C(C)N=c3sc(=Cc4cccs4)c(=O)n32)cc1. The average Bonchev–Trinajstić information content (AvgIpc) is 3.54. The predicted molar refractivity (Wildman–Crippen MR) is 147 cm³/mol. The van der Waals surface area contributed by atoms with E-state index in [0.29, 0.717) is 27.2 Å². The summed E-state index contributed by atoms with van der Waals surface area (Å²) in [6, 6.07) is 20.3. The second-order valence-electron chi connectivity index (χ2n) is 8.58. The molecule has 4 aromatic rings. The Hall–Kier alpha value is -3.75. The summed E-state index contributed by atoms with van der Waals surface area (Å²) in [5.74, 6) is 0.249. The Kier molecular flexibility index (Phi) is 7.48. The van der Waals surface area contributed by atoms with Crippen LogP contribution in [0.15, 0.2) is 93.2 Å². The van der Waals surface area contributed by atoms with Crippen LogP contribution in [0.3, 0.4) is 0 Å². The molecular formula is C29H26N2O4S2. The number of benzene rings is 2. The van der Waals surface area contributed by atoms with E-state index in [1.54, 1.807) is 22.8 Å². The van der Waals surface area contributed by atoms with Gasteiger partial charge in [-0.2, -0.15) is 0 Å². The first kappa shape index (κ1) is 24.9. The van der Waals surface area contributed by atoms with Gasteiger partial charge in [0, 0.05) is 4.88 Å². The molecule has 0 aliphatic carbocycles. The zero-order valence-electron chi connectivity index (χ0n) is 20.5. The zero-order valence-corrected chi connectivity index (χ0v) is 22.2. The van der Waals surface area contributed by atoms with Crippen molar-refractivity contribution in [2.45, 2.75) is 32.9 Å². The van der Waals surface area contributed by atoms with Gasteiger partial charge in [-0.25, -0.2) is 9.79 Å². The molecule has 0 saturated heterocycles. The maximum absolute atomic E-state index is 13.7. The van der Waals surface area contributed by atoms with Gasteiger partial charge in [-0.05, 0) is 54.1 Å².